The zero-order valence-corrected chi connectivity index (χ0v) is 15.0. The van der Waals surface area contributed by atoms with Crippen LogP contribution in [0.25, 0.3) is 0 Å². The maximum absolute atomic E-state index is 12.2. The summed E-state index contributed by atoms with van der Waals surface area (Å²) in [7, 11) is 7.13. The predicted molar refractivity (Wildman–Crippen MR) is 93.9 cm³/mol. The molecule has 0 spiro atoms. The lowest BCUT2D eigenvalue weighted by molar-refractivity contribution is -0.125. The zero-order valence-electron chi connectivity index (χ0n) is 15.0. The molecule has 0 radical (unpaired) electrons. The zero-order chi connectivity index (χ0) is 18.6. The van der Waals surface area contributed by atoms with Crippen LogP contribution in [0.5, 0.6) is 5.75 Å². The van der Waals surface area contributed by atoms with E-state index in [1.54, 1.807) is 32.3 Å². The SMILES string of the molecule is CN(C)CCNC(=O)CN1C(=O)COc2ccc(C(=O)N(C)C)cc21. The van der Waals surface area contributed by atoms with E-state index in [9.17, 15) is 14.4 Å². The summed E-state index contributed by atoms with van der Waals surface area (Å²) < 4.78 is 5.40. The number of nitrogens with one attached hydrogen (secondary N) is 1. The van der Waals surface area contributed by atoms with Gasteiger partial charge in [-0.05, 0) is 32.3 Å². The Morgan fingerprint density at radius 2 is 1.96 bits per heavy atom. The molecule has 1 aromatic rings. The average Bonchev–Trinajstić information content (AvgIpc) is 2.56. The number of benzene rings is 1. The van der Waals surface area contributed by atoms with Crippen molar-refractivity contribution in [2.45, 2.75) is 0 Å². The van der Waals surface area contributed by atoms with Crippen molar-refractivity contribution in [1.82, 2.24) is 15.1 Å². The summed E-state index contributed by atoms with van der Waals surface area (Å²) in [5, 5.41) is 2.78. The molecule has 0 saturated carbocycles. The van der Waals surface area contributed by atoms with E-state index in [0.717, 1.165) is 0 Å². The average molecular weight is 348 g/mol. The number of amides is 3. The lowest BCUT2D eigenvalue weighted by Crippen LogP contribution is -2.46. The maximum Gasteiger partial charge on any atom is 0.265 e. The molecule has 8 nitrogen and oxygen atoms in total. The van der Waals surface area contributed by atoms with Crippen LogP contribution in [-0.2, 0) is 9.59 Å². The van der Waals surface area contributed by atoms with Crippen molar-refractivity contribution < 1.29 is 19.1 Å². The van der Waals surface area contributed by atoms with Gasteiger partial charge in [-0.25, -0.2) is 0 Å². The highest BCUT2D eigenvalue weighted by Crippen LogP contribution is 2.33. The number of fused-ring (bicyclic) bond motifs is 1. The van der Waals surface area contributed by atoms with Gasteiger partial charge in [-0.3, -0.25) is 19.3 Å². The molecule has 0 saturated heterocycles. The van der Waals surface area contributed by atoms with E-state index >= 15 is 0 Å². The number of carbonyl (C=O) groups excluding carboxylic acids is 3. The van der Waals surface area contributed by atoms with Gasteiger partial charge in [0, 0.05) is 32.7 Å². The Balaban J connectivity index is 2.17. The molecule has 1 aromatic carbocycles. The maximum atomic E-state index is 12.2. The lowest BCUT2D eigenvalue weighted by atomic mass is 10.1. The number of ether oxygens (including phenoxy) is 1. The standard InChI is InChI=1S/C17H24N4O4/c1-19(2)8-7-18-15(22)10-21-13-9-12(17(24)20(3)4)5-6-14(13)25-11-16(21)23/h5-6,9H,7-8,10-11H2,1-4H3,(H,18,22). The van der Waals surface area contributed by atoms with Gasteiger partial charge in [-0.15, -0.1) is 0 Å². The molecule has 1 aliphatic rings. The molecule has 8 heteroatoms. The van der Waals surface area contributed by atoms with Crippen LogP contribution in [0.1, 0.15) is 10.4 Å². The molecular weight excluding hydrogens is 324 g/mol. The second-order valence-corrected chi connectivity index (χ2v) is 6.30. The minimum atomic E-state index is -0.315. The van der Waals surface area contributed by atoms with Crippen molar-refractivity contribution in [3.63, 3.8) is 0 Å². The Morgan fingerprint density at radius 1 is 1.24 bits per heavy atom. The third kappa shape index (κ3) is 4.69. The van der Waals surface area contributed by atoms with Gasteiger partial charge in [0.15, 0.2) is 6.61 Å². The van der Waals surface area contributed by atoms with E-state index in [0.29, 0.717) is 30.1 Å². The second-order valence-electron chi connectivity index (χ2n) is 6.30. The van der Waals surface area contributed by atoms with Crippen molar-refractivity contribution in [3.05, 3.63) is 23.8 Å². The quantitative estimate of drug-likeness (QED) is 0.769. The van der Waals surface area contributed by atoms with Crippen molar-refractivity contribution >= 4 is 23.4 Å². The van der Waals surface area contributed by atoms with E-state index in [4.69, 9.17) is 4.74 Å². The number of rotatable bonds is 6. The Morgan fingerprint density at radius 3 is 2.60 bits per heavy atom. The van der Waals surface area contributed by atoms with E-state index in [1.807, 2.05) is 19.0 Å². The fourth-order valence-electron chi connectivity index (χ4n) is 2.39. The molecule has 1 aliphatic heterocycles. The molecule has 136 valence electrons. The van der Waals surface area contributed by atoms with E-state index < -0.39 is 0 Å². The van der Waals surface area contributed by atoms with Crippen LogP contribution < -0.4 is 15.0 Å². The molecule has 1 N–H and O–H groups in total. The number of hydrogen-bond donors (Lipinski definition) is 1. The van der Waals surface area contributed by atoms with Crippen LogP contribution in [0.15, 0.2) is 18.2 Å². The highest BCUT2D eigenvalue weighted by molar-refractivity contribution is 6.04. The van der Waals surface area contributed by atoms with Crippen molar-refractivity contribution in [1.29, 1.82) is 0 Å². The largest absolute Gasteiger partial charge is 0.482 e. The van der Waals surface area contributed by atoms with Crippen LogP contribution in [0, 0.1) is 0 Å². The Kier molecular flexibility index (Phi) is 5.97. The first kappa shape index (κ1) is 18.7. The predicted octanol–water partition coefficient (Wildman–Crippen LogP) is -0.208. The Hall–Kier alpha value is -2.61. The van der Waals surface area contributed by atoms with Crippen LogP contribution in [0.3, 0.4) is 0 Å². The van der Waals surface area contributed by atoms with Gasteiger partial charge in [-0.2, -0.15) is 0 Å². The van der Waals surface area contributed by atoms with Gasteiger partial charge >= 0.3 is 0 Å². The Bertz CT molecular complexity index is 673. The number of anilines is 1. The summed E-state index contributed by atoms with van der Waals surface area (Å²) in [6.07, 6.45) is 0. The molecule has 0 fully saturated rings. The highest BCUT2D eigenvalue weighted by Gasteiger charge is 2.28. The smallest absolute Gasteiger partial charge is 0.265 e. The molecule has 0 unspecified atom stereocenters. The van der Waals surface area contributed by atoms with Crippen LogP contribution in [0.2, 0.25) is 0 Å². The normalized spacial score (nSPS) is 13.3. The van der Waals surface area contributed by atoms with Gasteiger partial charge < -0.3 is 19.9 Å². The molecule has 0 aromatic heterocycles. The van der Waals surface area contributed by atoms with Crippen molar-refractivity contribution in [3.8, 4) is 5.75 Å². The molecule has 0 aliphatic carbocycles. The Labute approximate surface area is 147 Å². The molecule has 1 heterocycles. The van der Waals surface area contributed by atoms with Crippen LogP contribution in [0.4, 0.5) is 5.69 Å². The first-order valence-electron chi connectivity index (χ1n) is 8.00. The lowest BCUT2D eigenvalue weighted by Gasteiger charge is -2.29. The molecule has 2 rings (SSSR count). The summed E-state index contributed by atoms with van der Waals surface area (Å²) in [6, 6.07) is 4.88. The summed E-state index contributed by atoms with van der Waals surface area (Å²) in [4.78, 5) is 41.2. The summed E-state index contributed by atoms with van der Waals surface area (Å²) in [5.74, 6) is -0.274. The van der Waals surface area contributed by atoms with E-state index in [2.05, 4.69) is 5.32 Å². The number of carbonyl (C=O) groups is 3. The number of nitrogens with zero attached hydrogens (tertiary/aromatic N) is 3. The first-order chi connectivity index (χ1) is 11.8. The minimum absolute atomic E-state index is 0.109. The monoisotopic (exact) mass is 348 g/mol. The third-order valence-electron chi connectivity index (χ3n) is 3.74. The van der Waals surface area contributed by atoms with Gasteiger partial charge in [0.25, 0.3) is 11.8 Å². The van der Waals surface area contributed by atoms with Gasteiger partial charge in [0.05, 0.1) is 5.69 Å². The second kappa shape index (κ2) is 7.98. The van der Waals surface area contributed by atoms with E-state index in [-0.39, 0.29) is 30.9 Å². The van der Waals surface area contributed by atoms with Gasteiger partial charge in [0.2, 0.25) is 5.91 Å². The van der Waals surface area contributed by atoms with Crippen LogP contribution in [-0.4, -0.2) is 82.0 Å². The summed E-state index contributed by atoms with van der Waals surface area (Å²) in [5.41, 5.74) is 0.867. The van der Waals surface area contributed by atoms with E-state index in [1.165, 1.54) is 9.80 Å². The molecule has 0 atom stereocenters. The topological polar surface area (TPSA) is 82.2 Å². The van der Waals surface area contributed by atoms with Gasteiger partial charge in [-0.1, -0.05) is 0 Å². The van der Waals surface area contributed by atoms with Crippen molar-refractivity contribution in [2.75, 3.05) is 59.3 Å². The molecule has 25 heavy (non-hydrogen) atoms. The fourth-order valence-corrected chi connectivity index (χ4v) is 2.39. The fraction of sp³-hybridized carbons (Fsp3) is 0.471. The van der Waals surface area contributed by atoms with Gasteiger partial charge in [0.1, 0.15) is 12.3 Å². The highest BCUT2D eigenvalue weighted by atomic mass is 16.5. The molecular formula is C17H24N4O4. The summed E-state index contributed by atoms with van der Waals surface area (Å²) in [6.45, 7) is 0.971. The minimum Gasteiger partial charge on any atom is -0.482 e. The number of hydrogen-bond acceptors (Lipinski definition) is 5. The van der Waals surface area contributed by atoms with Crippen molar-refractivity contribution in [2.24, 2.45) is 0 Å². The summed E-state index contributed by atoms with van der Waals surface area (Å²) >= 11 is 0. The van der Waals surface area contributed by atoms with Crippen LogP contribution >= 0.6 is 0 Å². The number of likely N-dealkylation sites (N-methyl/N-ethyl adjacent to an activating group) is 1. The molecule has 0 bridgehead atoms. The molecule has 3 amide bonds. The third-order valence-corrected chi connectivity index (χ3v) is 3.74. The first-order valence-corrected chi connectivity index (χ1v) is 8.00.